The van der Waals surface area contributed by atoms with Gasteiger partial charge in [-0.3, -0.25) is 4.72 Å². The quantitative estimate of drug-likeness (QED) is 0.873. The van der Waals surface area contributed by atoms with Crippen molar-refractivity contribution >= 4 is 21.4 Å². The average Bonchev–Trinajstić information content (AvgIpc) is 2.39. The lowest BCUT2D eigenvalue weighted by molar-refractivity contribution is 0.194. The zero-order chi connectivity index (χ0) is 15.5. The smallest absolute Gasteiger partial charge is 0.229 e. The van der Waals surface area contributed by atoms with Crippen molar-refractivity contribution in [3.05, 3.63) is 24.0 Å². The molecule has 5 nitrogen and oxygen atoms in total. The van der Waals surface area contributed by atoms with Crippen LogP contribution in [0.4, 0.5) is 15.8 Å². The number of hydrogen-bond acceptors (Lipinski definition) is 4. The van der Waals surface area contributed by atoms with Crippen LogP contribution >= 0.6 is 0 Å². The summed E-state index contributed by atoms with van der Waals surface area (Å²) in [4.78, 5) is 2.32. The van der Waals surface area contributed by atoms with Crippen LogP contribution in [0.15, 0.2) is 18.2 Å². The predicted molar refractivity (Wildman–Crippen MR) is 83.6 cm³/mol. The highest BCUT2D eigenvalue weighted by Gasteiger charge is 2.18. The van der Waals surface area contributed by atoms with Crippen LogP contribution in [0.1, 0.15) is 19.3 Å². The van der Waals surface area contributed by atoms with Crippen molar-refractivity contribution in [3.63, 3.8) is 0 Å². The van der Waals surface area contributed by atoms with Gasteiger partial charge in [-0.05, 0) is 44.6 Å². The largest absolute Gasteiger partial charge is 0.383 e. The second kappa shape index (κ2) is 6.62. The lowest BCUT2D eigenvalue weighted by atomic mass is 10.0. The first-order valence-electron chi connectivity index (χ1n) is 7.06. The standard InChI is InChI=1S/C14H22FN3O2S/c1-18-8-4-3-5-12(18)10-16-11-6-7-13(15)14(9-11)17-21(2,19)20/h6-7,9,12,16-17H,3-5,8,10H2,1-2H3. The Bertz CT molecular complexity index is 592. The van der Waals surface area contributed by atoms with E-state index < -0.39 is 15.8 Å². The van der Waals surface area contributed by atoms with E-state index in [-0.39, 0.29) is 5.69 Å². The summed E-state index contributed by atoms with van der Waals surface area (Å²) in [5.41, 5.74) is 0.682. The highest BCUT2D eigenvalue weighted by molar-refractivity contribution is 7.92. The zero-order valence-electron chi connectivity index (χ0n) is 12.4. The van der Waals surface area contributed by atoms with Gasteiger partial charge in [-0.1, -0.05) is 6.42 Å². The number of sulfonamides is 1. The number of likely N-dealkylation sites (N-methyl/N-ethyl adjacent to an activating group) is 1. The van der Waals surface area contributed by atoms with Gasteiger partial charge in [0.25, 0.3) is 0 Å². The number of benzene rings is 1. The van der Waals surface area contributed by atoms with Crippen LogP contribution in [0.3, 0.4) is 0 Å². The Balaban J connectivity index is 2.02. The van der Waals surface area contributed by atoms with Gasteiger partial charge in [0.05, 0.1) is 11.9 Å². The summed E-state index contributed by atoms with van der Waals surface area (Å²) in [5.74, 6) is -0.583. The third-order valence-corrected chi connectivity index (χ3v) is 4.32. The Morgan fingerprint density at radius 3 is 2.81 bits per heavy atom. The van der Waals surface area contributed by atoms with E-state index in [1.165, 1.54) is 25.0 Å². The first-order chi connectivity index (χ1) is 9.85. The van der Waals surface area contributed by atoms with Gasteiger partial charge in [-0.25, -0.2) is 12.8 Å². The minimum Gasteiger partial charge on any atom is -0.383 e. The van der Waals surface area contributed by atoms with Crippen LogP contribution in [0.5, 0.6) is 0 Å². The van der Waals surface area contributed by atoms with Crippen molar-refractivity contribution < 1.29 is 12.8 Å². The number of likely N-dealkylation sites (tertiary alicyclic amines) is 1. The fourth-order valence-electron chi connectivity index (χ4n) is 2.55. The molecule has 1 heterocycles. The van der Waals surface area contributed by atoms with Crippen LogP contribution in [0, 0.1) is 5.82 Å². The Labute approximate surface area is 125 Å². The van der Waals surface area contributed by atoms with Crippen LogP contribution in [-0.4, -0.2) is 45.8 Å². The molecule has 2 N–H and O–H groups in total. The van der Waals surface area contributed by atoms with Crippen molar-refractivity contribution in [2.24, 2.45) is 0 Å². The normalized spacial score (nSPS) is 20.2. The summed E-state index contributed by atoms with van der Waals surface area (Å²) >= 11 is 0. The van der Waals surface area contributed by atoms with Crippen LogP contribution in [0.25, 0.3) is 0 Å². The summed E-state index contributed by atoms with van der Waals surface area (Å²) in [6.07, 6.45) is 4.59. The van der Waals surface area contributed by atoms with Gasteiger partial charge in [0.15, 0.2) is 0 Å². The third-order valence-electron chi connectivity index (χ3n) is 3.73. The molecule has 1 saturated heterocycles. The van der Waals surface area contributed by atoms with Crippen molar-refractivity contribution in [3.8, 4) is 0 Å². The first-order valence-corrected chi connectivity index (χ1v) is 8.96. The van der Waals surface area contributed by atoms with E-state index in [4.69, 9.17) is 0 Å². The zero-order valence-corrected chi connectivity index (χ0v) is 13.2. The second-order valence-electron chi connectivity index (χ2n) is 5.58. The number of nitrogens with one attached hydrogen (secondary N) is 2. The van der Waals surface area contributed by atoms with Crippen molar-refractivity contribution in [2.75, 3.05) is 36.4 Å². The molecular weight excluding hydrogens is 293 g/mol. The molecule has 0 saturated carbocycles. The predicted octanol–water partition coefficient (Wildman–Crippen LogP) is 2.09. The Morgan fingerprint density at radius 2 is 2.14 bits per heavy atom. The number of nitrogens with zero attached hydrogens (tertiary/aromatic N) is 1. The molecule has 0 amide bonds. The van der Waals surface area contributed by atoms with Gasteiger partial charge < -0.3 is 10.2 Å². The third kappa shape index (κ3) is 4.86. The molecule has 118 valence electrons. The summed E-state index contributed by atoms with van der Waals surface area (Å²) in [6, 6.07) is 4.82. The molecule has 0 bridgehead atoms. The van der Waals surface area contributed by atoms with Gasteiger partial charge in [-0.15, -0.1) is 0 Å². The lowest BCUT2D eigenvalue weighted by Gasteiger charge is -2.32. The summed E-state index contributed by atoms with van der Waals surface area (Å²) in [6.45, 7) is 1.86. The first kappa shape index (κ1) is 16.0. The van der Waals surface area contributed by atoms with Crippen LogP contribution < -0.4 is 10.0 Å². The number of anilines is 2. The van der Waals surface area contributed by atoms with Gasteiger partial charge in [-0.2, -0.15) is 0 Å². The van der Waals surface area contributed by atoms with Gasteiger partial charge in [0.1, 0.15) is 5.82 Å². The van der Waals surface area contributed by atoms with E-state index in [1.807, 2.05) is 0 Å². The van der Waals surface area contributed by atoms with E-state index >= 15 is 0 Å². The van der Waals surface area contributed by atoms with Gasteiger partial charge in [0, 0.05) is 18.3 Å². The molecule has 2 rings (SSSR count). The number of piperidine rings is 1. The minimum atomic E-state index is -3.49. The van der Waals surface area contributed by atoms with E-state index in [9.17, 15) is 12.8 Å². The number of rotatable bonds is 5. The highest BCUT2D eigenvalue weighted by Crippen LogP contribution is 2.21. The Morgan fingerprint density at radius 1 is 1.38 bits per heavy atom. The molecule has 1 aromatic rings. The molecule has 1 fully saturated rings. The molecule has 0 radical (unpaired) electrons. The van der Waals surface area contributed by atoms with E-state index in [0.717, 1.165) is 25.8 Å². The Hall–Kier alpha value is -1.34. The van der Waals surface area contributed by atoms with Crippen molar-refractivity contribution in [2.45, 2.75) is 25.3 Å². The van der Waals surface area contributed by atoms with E-state index in [0.29, 0.717) is 11.7 Å². The summed E-state index contributed by atoms with van der Waals surface area (Å²) < 4.78 is 38.2. The fraction of sp³-hybridized carbons (Fsp3) is 0.571. The minimum absolute atomic E-state index is 0.0282. The summed E-state index contributed by atoms with van der Waals surface area (Å²) in [7, 11) is -1.38. The number of hydrogen-bond donors (Lipinski definition) is 2. The monoisotopic (exact) mass is 315 g/mol. The van der Waals surface area contributed by atoms with Gasteiger partial charge >= 0.3 is 0 Å². The van der Waals surface area contributed by atoms with E-state index in [1.54, 1.807) is 6.07 Å². The molecule has 21 heavy (non-hydrogen) atoms. The molecular formula is C14H22FN3O2S. The molecule has 1 atom stereocenters. The molecule has 1 unspecified atom stereocenters. The van der Waals surface area contributed by atoms with Crippen LogP contribution in [-0.2, 0) is 10.0 Å². The molecule has 0 spiro atoms. The second-order valence-corrected chi connectivity index (χ2v) is 7.33. The van der Waals surface area contributed by atoms with Gasteiger partial charge in [0.2, 0.25) is 10.0 Å². The Kier molecular flexibility index (Phi) is 5.05. The molecule has 1 aliphatic heterocycles. The van der Waals surface area contributed by atoms with Crippen LogP contribution in [0.2, 0.25) is 0 Å². The maximum Gasteiger partial charge on any atom is 0.229 e. The fourth-order valence-corrected chi connectivity index (χ4v) is 3.11. The SMILES string of the molecule is CN1CCCCC1CNc1ccc(F)c(NS(C)(=O)=O)c1. The maximum absolute atomic E-state index is 13.6. The molecule has 0 aliphatic carbocycles. The molecule has 1 aromatic carbocycles. The summed E-state index contributed by atoms with van der Waals surface area (Å²) in [5, 5.41) is 3.26. The molecule has 1 aliphatic rings. The van der Waals surface area contributed by atoms with E-state index in [2.05, 4.69) is 22.0 Å². The molecule has 7 heteroatoms. The topological polar surface area (TPSA) is 61.4 Å². The number of halogens is 1. The van der Waals surface area contributed by atoms with Crippen molar-refractivity contribution in [1.82, 2.24) is 4.90 Å². The molecule has 0 aromatic heterocycles. The highest BCUT2D eigenvalue weighted by atomic mass is 32.2. The van der Waals surface area contributed by atoms with Crippen molar-refractivity contribution in [1.29, 1.82) is 0 Å². The lowest BCUT2D eigenvalue weighted by Crippen LogP contribution is -2.40. The average molecular weight is 315 g/mol. The maximum atomic E-state index is 13.6.